The van der Waals surface area contributed by atoms with Crippen molar-refractivity contribution in [3.8, 4) is 0 Å². The molecule has 0 radical (unpaired) electrons. The van der Waals surface area contributed by atoms with E-state index in [1.54, 1.807) is 0 Å². The van der Waals surface area contributed by atoms with Gasteiger partial charge in [0.2, 0.25) is 0 Å². The number of aliphatic hydroxyl groups is 1. The van der Waals surface area contributed by atoms with E-state index in [2.05, 4.69) is 142 Å². The highest BCUT2D eigenvalue weighted by molar-refractivity contribution is 7.47. The third kappa shape index (κ3) is 56.3. The van der Waals surface area contributed by atoms with Crippen LogP contribution in [0.3, 0.4) is 0 Å². The van der Waals surface area contributed by atoms with Crippen LogP contribution in [0.5, 0.6) is 0 Å². The Kier molecular flexibility index (Phi) is 55.5. The molecule has 0 rings (SSSR count). The predicted octanol–water partition coefficient (Wildman–Crippen LogP) is 18.1. The monoisotopic (exact) mass is 1110 g/mol. The molecule has 0 aromatic heterocycles. The Morgan fingerprint density at radius 2 is 0.692 bits per heavy atom. The van der Waals surface area contributed by atoms with Crippen LogP contribution < -0.4 is 0 Å². The van der Waals surface area contributed by atoms with Gasteiger partial charge in [-0.15, -0.1) is 0 Å². The highest BCUT2D eigenvalue weighted by atomic mass is 31.2. The summed E-state index contributed by atoms with van der Waals surface area (Å²) in [5.74, 6) is -1.63. The van der Waals surface area contributed by atoms with Gasteiger partial charge < -0.3 is 24.2 Å². The van der Waals surface area contributed by atoms with Gasteiger partial charge in [0.15, 0.2) is 6.10 Å². The second-order valence-corrected chi connectivity index (χ2v) is 20.8. The molecule has 442 valence electrons. The minimum atomic E-state index is -4.79. The molecule has 0 aliphatic carbocycles. The summed E-state index contributed by atoms with van der Waals surface area (Å²) in [6.07, 6.45) is 74.3. The van der Waals surface area contributed by atoms with Crippen LogP contribution in [0.25, 0.3) is 0 Å². The molecule has 78 heavy (non-hydrogen) atoms. The first-order valence-corrected chi connectivity index (χ1v) is 31.6. The summed E-state index contributed by atoms with van der Waals surface area (Å²) >= 11 is 0. The molecule has 0 bridgehead atoms. The van der Waals surface area contributed by atoms with Gasteiger partial charge in [-0.25, -0.2) is 4.57 Å². The summed E-state index contributed by atoms with van der Waals surface area (Å²) in [5, 5.41) is 9.84. The fraction of sp³-hybridized carbons (Fsp3) is 0.621. The van der Waals surface area contributed by atoms with Crippen molar-refractivity contribution >= 4 is 25.7 Å². The molecule has 12 heteroatoms. The maximum Gasteiger partial charge on any atom is 0.472 e. The molecule has 2 N–H and O–H groups in total. The standard InChI is InChI=1S/C66H107O11P/c1-4-7-10-13-16-19-22-25-28-30-31-33-36-39-42-45-48-51-54-57-66(70)77-63(59-73-64(68)55-52-49-46-43-40-37-34-27-24-21-18-15-12-9-6-3)61-75-78(71,72)74-60-62(58-67)76-65(69)56-53-50-47-44-41-38-35-32-29-26-23-20-17-14-11-8-5-2/h7,9-10,12,16,18-19,21,25-29,31,33-34,39-40,42-43,48,51,62-63,67H,4-6,8,11,13-15,17,20,22-24,30,32,35-38,41,44-47,49-50,52-61H2,1-3H3,(H,71,72)/b10-7-,12-9-,19-16-,21-18-,28-25-,29-26-,33-31-,34-27-,42-39-,43-40-,51-48-. The smallest absolute Gasteiger partial charge is 0.462 e. The lowest BCUT2D eigenvalue weighted by Gasteiger charge is -2.21. The molecule has 0 saturated carbocycles. The number of phosphoric ester groups is 1. The van der Waals surface area contributed by atoms with Crippen LogP contribution in [0, 0.1) is 0 Å². The number of esters is 3. The van der Waals surface area contributed by atoms with E-state index in [9.17, 15) is 28.9 Å². The maximum absolute atomic E-state index is 12.9. The number of carbonyl (C=O) groups excluding carboxylic acids is 3. The third-order valence-electron chi connectivity index (χ3n) is 12.1. The Hall–Kier alpha value is -4.38. The van der Waals surface area contributed by atoms with Crippen molar-refractivity contribution in [1.82, 2.24) is 0 Å². The van der Waals surface area contributed by atoms with Crippen LogP contribution in [-0.2, 0) is 42.2 Å². The van der Waals surface area contributed by atoms with E-state index in [4.69, 9.17) is 23.3 Å². The SMILES string of the molecule is CC/C=C\C/C=C\C/C=C\C/C=C\C/C=C\C/C=C\CCC(=O)OC(COC(=O)CCCC/C=C\C/C=C\C/C=C\C/C=C\CC)COP(=O)(O)OCC(CO)OC(=O)CCCCCCCCC/C=C\CCCCCCCC. The molecule has 0 spiro atoms. The van der Waals surface area contributed by atoms with Gasteiger partial charge in [0.05, 0.1) is 19.8 Å². The summed E-state index contributed by atoms with van der Waals surface area (Å²) < 4.78 is 39.4. The lowest BCUT2D eigenvalue weighted by molar-refractivity contribution is -0.161. The fourth-order valence-electron chi connectivity index (χ4n) is 7.54. The Morgan fingerprint density at radius 3 is 1.14 bits per heavy atom. The number of hydrogen-bond acceptors (Lipinski definition) is 10. The van der Waals surface area contributed by atoms with E-state index in [1.807, 2.05) is 12.2 Å². The van der Waals surface area contributed by atoms with Crippen molar-refractivity contribution in [2.24, 2.45) is 0 Å². The van der Waals surface area contributed by atoms with E-state index in [-0.39, 0.29) is 19.3 Å². The lowest BCUT2D eigenvalue weighted by Crippen LogP contribution is -2.30. The van der Waals surface area contributed by atoms with Crippen molar-refractivity contribution in [3.05, 3.63) is 134 Å². The van der Waals surface area contributed by atoms with Gasteiger partial charge >= 0.3 is 25.7 Å². The molecule has 0 amide bonds. The number of ether oxygens (including phenoxy) is 3. The molecule has 0 aliphatic heterocycles. The molecule has 0 aliphatic rings. The zero-order valence-corrected chi connectivity index (χ0v) is 49.7. The van der Waals surface area contributed by atoms with Crippen LogP contribution in [0.2, 0.25) is 0 Å². The van der Waals surface area contributed by atoms with Crippen molar-refractivity contribution in [2.75, 3.05) is 26.4 Å². The van der Waals surface area contributed by atoms with Crippen molar-refractivity contribution < 1.29 is 52.2 Å². The van der Waals surface area contributed by atoms with Gasteiger partial charge in [-0.05, 0) is 122 Å². The van der Waals surface area contributed by atoms with Gasteiger partial charge in [0, 0.05) is 19.3 Å². The second-order valence-electron chi connectivity index (χ2n) is 19.4. The molecule has 0 saturated heterocycles. The quantitative estimate of drug-likeness (QED) is 0.0197. The minimum Gasteiger partial charge on any atom is -0.462 e. The summed E-state index contributed by atoms with van der Waals surface area (Å²) in [4.78, 5) is 48.6. The first-order valence-electron chi connectivity index (χ1n) is 30.1. The van der Waals surface area contributed by atoms with Crippen molar-refractivity contribution in [3.63, 3.8) is 0 Å². The summed E-state index contributed by atoms with van der Waals surface area (Å²) in [5.41, 5.74) is 0. The second kappa shape index (κ2) is 58.8. The number of allylic oxidation sites excluding steroid dienone is 22. The number of phosphoric acid groups is 1. The molecule has 11 nitrogen and oxygen atoms in total. The normalized spacial score (nSPS) is 14.3. The minimum absolute atomic E-state index is 0.0260. The zero-order chi connectivity index (χ0) is 56.9. The zero-order valence-electron chi connectivity index (χ0n) is 48.8. The van der Waals surface area contributed by atoms with Crippen LogP contribution in [0.4, 0.5) is 0 Å². The van der Waals surface area contributed by atoms with Crippen LogP contribution in [0.1, 0.15) is 226 Å². The molecule has 0 fully saturated rings. The van der Waals surface area contributed by atoms with Gasteiger partial charge in [-0.1, -0.05) is 219 Å². The van der Waals surface area contributed by atoms with Crippen molar-refractivity contribution in [1.29, 1.82) is 0 Å². The summed E-state index contributed by atoms with van der Waals surface area (Å²) in [6, 6.07) is 0. The Balaban J connectivity index is 4.88. The highest BCUT2D eigenvalue weighted by Crippen LogP contribution is 2.43. The van der Waals surface area contributed by atoms with Gasteiger partial charge in [-0.3, -0.25) is 23.4 Å². The van der Waals surface area contributed by atoms with E-state index in [0.717, 1.165) is 103 Å². The van der Waals surface area contributed by atoms with E-state index in [1.165, 1.54) is 57.8 Å². The molecular weight excluding hydrogens is 1000 g/mol. The average Bonchev–Trinajstić information content (AvgIpc) is 3.43. The van der Waals surface area contributed by atoms with Crippen LogP contribution >= 0.6 is 7.82 Å². The fourth-order valence-corrected chi connectivity index (χ4v) is 8.33. The molecule has 0 aromatic carbocycles. The number of carbonyl (C=O) groups is 3. The molecule has 3 unspecified atom stereocenters. The van der Waals surface area contributed by atoms with Gasteiger partial charge in [0.25, 0.3) is 0 Å². The number of rotatable bonds is 54. The van der Waals surface area contributed by atoms with Crippen molar-refractivity contribution in [2.45, 2.75) is 238 Å². The van der Waals surface area contributed by atoms with E-state index < -0.39 is 64.4 Å². The molecule has 0 heterocycles. The van der Waals surface area contributed by atoms with E-state index >= 15 is 0 Å². The number of unbranched alkanes of at least 4 members (excludes halogenated alkanes) is 15. The first-order chi connectivity index (χ1) is 38.2. The number of hydrogen-bond donors (Lipinski definition) is 2. The molecular formula is C66H107O11P. The summed E-state index contributed by atoms with van der Waals surface area (Å²) in [6.45, 7) is 4.27. The summed E-state index contributed by atoms with van der Waals surface area (Å²) in [7, 11) is -4.79. The molecule has 3 atom stereocenters. The Morgan fingerprint density at radius 1 is 0.372 bits per heavy atom. The predicted molar refractivity (Wildman–Crippen MR) is 325 cm³/mol. The topological polar surface area (TPSA) is 155 Å². The lowest BCUT2D eigenvalue weighted by atomic mass is 10.1. The molecule has 0 aromatic rings. The maximum atomic E-state index is 12.9. The Bertz CT molecular complexity index is 1820. The third-order valence-corrected chi connectivity index (χ3v) is 13.0. The largest absolute Gasteiger partial charge is 0.472 e. The number of aliphatic hydroxyl groups excluding tert-OH is 1. The van der Waals surface area contributed by atoms with E-state index in [0.29, 0.717) is 25.7 Å². The Labute approximate surface area is 474 Å². The average molecular weight is 1110 g/mol. The first kappa shape index (κ1) is 73.6. The van der Waals surface area contributed by atoms with Gasteiger partial charge in [0.1, 0.15) is 12.7 Å². The van der Waals surface area contributed by atoms with Crippen LogP contribution in [0.15, 0.2) is 134 Å². The van der Waals surface area contributed by atoms with Crippen LogP contribution in [-0.4, -0.2) is 66.5 Å². The van der Waals surface area contributed by atoms with Gasteiger partial charge in [-0.2, -0.15) is 0 Å². The highest BCUT2D eigenvalue weighted by Gasteiger charge is 2.28.